The van der Waals surface area contributed by atoms with Gasteiger partial charge in [-0.1, -0.05) is 51.8 Å². The standard InChI is InChI=1S/C20H34N2/c1-4-7-13-21-14-16-22(17-15-21)20-12-9-8-11-19(20)18(6-3)10-5-2/h8-9,11-12,18H,4-7,10,13-17H2,1-3H3. The molecule has 0 bridgehead atoms. The molecule has 1 aliphatic heterocycles. The van der Waals surface area contributed by atoms with E-state index in [-0.39, 0.29) is 0 Å². The van der Waals surface area contributed by atoms with Gasteiger partial charge in [0.15, 0.2) is 0 Å². The highest BCUT2D eigenvalue weighted by atomic mass is 15.3. The maximum absolute atomic E-state index is 2.63. The third-order valence-corrected chi connectivity index (χ3v) is 5.05. The number of para-hydroxylation sites is 1. The van der Waals surface area contributed by atoms with Crippen LogP contribution in [0.1, 0.15) is 64.4 Å². The highest BCUT2D eigenvalue weighted by Crippen LogP contribution is 2.33. The molecule has 1 aliphatic rings. The summed E-state index contributed by atoms with van der Waals surface area (Å²) in [4.78, 5) is 5.25. The molecule has 0 aromatic heterocycles. The predicted octanol–water partition coefficient (Wildman–Crippen LogP) is 4.90. The van der Waals surface area contributed by atoms with Gasteiger partial charge in [0.05, 0.1) is 0 Å². The Hall–Kier alpha value is -1.02. The third-order valence-electron chi connectivity index (χ3n) is 5.05. The highest BCUT2D eigenvalue weighted by Gasteiger charge is 2.21. The van der Waals surface area contributed by atoms with Crippen LogP contribution in [0.3, 0.4) is 0 Å². The fourth-order valence-electron chi connectivity index (χ4n) is 3.64. The monoisotopic (exact) mass is 302 g/mol. The molecule has 22 heavy (non-hydrogen) atoms. The smallest absolute Gasteiger partial charge is 0.0402 e. The summed E-state index contributed by atoms with van der Waals surface area (Å²) in [5.41, 5.74) is 3.08. The first-order valence-electron chi connectivity index (χ1n) is 9.36. The molecule has 1 atom stereocenters. The lowest BCUT2D eigenvalue weighted by Gasteiger charge is -2.37. The summed E-state index contributed by atoms with van der Waals surface area (Å²) in [5, 5.41) is 0. The molecule has 1 fully saturated rings. The van der Waals surface area contributed by atoms with Gasteiger partial charge in [0.1, 0.15) is 0 Å². The minimum absolute atomic E-state index is 0.722. The highest BCUT2D eigenvalue weighted by molar-refractivity contribution is 5.55. The molecule has 0 N–H and O–H groups in total. The van der Waals surface area contributed by atoms with Crippen LogP contribution in [0.5, 0.6) is 0 Å². The molecule has 0 amide bonds. The number of nitrogens with zero attached hydrogens (tertiary/aromatic N) is 2. The Balaban J connectivity index is 2.04. The Morgan fingerprint density at radius 2 is 1.68 bits per heavy atom. The molecule has 0 radical (unpaired) electrons. The molecule has 1 unspecified atom stereocenters. The number of piperazine rings is 1. The van der Waals surface area contributed by atoms with Crippen LogP contribution in [0.25, 0.3) is 0 Å². The van der Waals surface area contributed by atoms with Crippen LogP contribution in [0.2, 0.25) is 0 Å². The molecule has 1 aromatic carbocycles. The van der Waals surface area contributed by atoms with E-state index in [1.165, 1.54) is 70.5 Å². The van der Waals surface area contributed by atoms with Crippen molar-refractivity contribution in [1.29, 1.82) is 0 Å². The summed E-state index contributed by atoms with van der Waals surface area (Å²) >= 11 is 0. The maximum atomic E-state index is 2.63. The zero-order chi connectivity index (χ0) is 15.8. The van der Waals surface area contributed by atoms with Gasteiger partial charge in [0, 0.05) is 31.9 Å². The van der Waals surface area contributed by atoms with E-state index in [0.717, 1.165) is 5.92 Å². The van der Waals surface area contributed by atoms with Crippen molar-refractivity contribution in [3.63, 3.8) is 0 Å². The summed E-state index contributed by atoms with van der Waals surface area (Å²) in [6, 6.07) is 9.13. The molecule has 1 heterocycles. The Morgan fingerprint density at radius 1 is 0.955 bits per heavy atom. The van der Waals surface area contributed by atoms with Crippen LogP contribution < -0.4 is 4.90 Å². The lowest BCUT2D eigenvalue weighted by atomic mass is 9.90. The summed E-state index contributed by atoms with van der Waals surface area (Å²) in [6.45, 7) is 13.0. The predicted molar refractivity (Wildman–Crippen MR) is 97.9 cm³/mol. The normalized spacial score (nSPS) is 17.7. The number of hydrogen-bond donors (Lipinski definition) is 0. The first kappa shape index (κ1) is 17.3. The molecule has 124 valence electrons. The number of hydrogen-bond acceptors (Lipinski definition) is 2. The van der Waals surface area contributed by atoms with Crippen molar-refractivity contribution in [3.05, 3.63) is 29.8 Å². The van der Waals surface area contributed by atoms with Crippen LogP contribution in [-0.4, -0.2) is 37.6 Å². The molecule has 2 nitrogen and oxygen atoms in total. The number of benzene rings is 1. The van der Waals surface area contributed by atoms with Gasteiger partial charge < -0.3 is 4.90 Å². The third kappa shape index (κ3) is 4.49. The fraction of sp³-hybridized carbons (Fsp3) is 0.700. The van der Waals surface area contributed by atoms with Crippen molar-refractivity contribution in [3.8, 4) is 0 Å². The van der Waals surface area contributed by atoms with Crippen molar-refractivity contribution in [2.45, 2.75) is 58.8 Å². The van der Waals surface area contributed by atoms with Crippen molar-refractivity contribution in [2.75, 3.05) is 37.6 Å². The lowest BCUT2D eigenvalue weighted by molar-refractivity contribution is 0.254. The van der Waals surface area contributed by atoms with Gasteiger partial charge in [0.2, 0.25) is 0 Å². The van der Waals surface area contributed by atoms with Crippen molar-refractivity contribution in [1.82, 2.24) is 4.90 Å². The molecule has 0 spiro atoms. The van der Waals surface area contributed by atoms with Crippen molar-refractivity contribution >= 4 is 5.69 Å². The molecule has 0 aliphatic carbocycles. The molecule has 2 heteroatoms. The molecule has 0 saturated carbocycles. The van der Waals surface area contributed by atoms with Crippen molar-refractivity contribution in [2.24, 2.45) is 0 Å². The van der Waals surface area contributed by atoms with Gasteiger partial charge in [-0.3, -0.25) is 4.90 Å². The first-order chi connectivity index (χ1) is 10.8. The number of unbranched alkanes of at least 4 members (excludes halogenated alkanes) is 1. The van der Waals surface area contributed by atoms with Gasteiger partial charge >= 0.3 is 0 Å². The summed E-state index contributed by atoms with van der Waals surface area (Å²) in [7, 11) is 0. The van der Waals surface area contributed by atoms with E-state index in [0.29, 0.717) is 0 Å². The Kier molecular flexibility index (Phi) is 7.24. The van der Waals surface area contributed by atoms with Crippen LogP contribution in [0.15, 0.2) is 24.3 Å². The second kappa shape index (κ2) is 9.19. The minimum Gasteiger partial charge on any atom is -0.369 e. The van der Waals surface area contributed by atoms with Crippen molar-refractivity contribution < 1.29 is 0 Å². The molecular formula is C20H34N2. The molecule has 1 aromatic rings. The van der Waals surface area contributed by atoms with E-state index in [4.69, 9.17) is 0 Å². The minimum atomic E-state index is 0.722. The summed E-state index contributed by atoms with van der Waals surface area (Å²) in [5.74, 6) is 0.722. The number of rotatable bonds is 8. The largest absolute Gasteiger partial charge is 0.369 e. The Labute approximate surface area is 137 Å². The van der Waals surface area contributed by atoms with Gasteiger partial charge in [-0.15, -0.1) is 0 Å². The maximum Gasteiger partial charge on any atom is 0.0402 e. The zero-order valence-electron chi connectivity index (χ0n) is 14.9. The number of anilines is 1. The van der Waals surface area contributed by atoms with E-state index in [1.807, 2.05) is 0 Å². The van der Waals surface area contributed by atoms with Gasteiger partial charge in [-0.25, -0.2) is 0 Å². The van der Waals surface area contributed by atoms with Gasteiger partial charge in [-0.05, 0) is 43.4 Å². The Bertz CT molecular complexity index is 421. The van der Waals surface area contributed by atoms with Crippen LogP contribution in [0, 0.1) is 0 Å². The second-order valence-electron chi connectivity index (χ2n) is 6.63. The fourth-order valence-corrected chi connectivity index (χ4v) is 3.64. The van der Waals surface area contributed by atoms with Gasteiger partial charge in [0.25, 0.3) is 0 Å². The average molecular weight is 303 g/mol. The SMILES string of the molecule is CCCCN1CCN(c2ccccc2C(CC)CCC)CC1. The second-order valence-corrected chi connectivity index (χ2v) is 6.63. The summed E-state index contributed by atoms with van der Waals surface area (Å²) in [6.07, 6.45) is 6.48. The van der Waals surface area contributed by atoms with E-state index < -0.39 is 0 Å². The van der Waals surface area contributed by atoms with E-state index >= 15 is 0 Å². The average Bonchev–Trinajstić information content (AvgIpc) is 2.58. The van der Waals surface area contributed by atoms with E-state index in [1.54, 1.807) is 5.56 Å². The molecular weight excluding hydrogens is 268 g/mol. The van der Waals surface area contributed by atoms with Crippen LogP contribution in [-0.2, 0) is 0 Å². The molecule has 2 rings (SSSR count). The first-order valence-corrected chi connectivity index (χ1v) is 9.36. The topological polar surface area (TPSA) is 6.48 Å². The van der Waals surface area contributed by atoms with E-state index in [9.17, 15) is 0 Å². The van der Waals surface area contributed by atoms with E-state index in [2.05, 4.69) is 54.8 Å². The van der Waals surface area contributed by atoms with Gasteiger partial charge in [-0.2, -0.15) is 0 Å². The lowest BCUT2D eigenvalue weighted by Crippen LogP contribution is -2.47. The molecule has 1 saturated heterocycles. The summed E-state index contributed by atoms with van der Waals surface area (Å²) < 4.78 is 0. The zero-order valence-corrected chi connectivity index (χ0v) is 14.9. The Morgan fingerprint density at radius 3 is 2.32 bits per heavy atom. The van der Waals surface area contributed by atoms with Crippen LogP contribution in [0.4, 0.5) is 5.69 Å². The van der Waals surface area contributed by atoms with Crippen LogP contribution >= 0.6 is 0 Å². The quantitative estimate of drug-likeness (QED) is 0.673.